The predicted octanol–water partition coefficient (Wildman–Crippen LogP) is 10.7. The van der Waals surface area contributed by atoms with E-state index in [-0.39, 0.29) is 25.3 Å². The number of hydrogen-bond acceptors (Lipinski definition) is 6. The molecule has 0 aromatic heterocycles. The van der Waals surface area contributed by atoms with Crippen molar-refractivity contribution in [3.8, 4) is 0 Å². The van der Waals surface area contributed by atoms with Crippen LogP contribution in [0, 0.1) is 0 Å². The number of rotatable bonds is 45. The average molecular weight is 857 g/mol. The van der Waals surface area contributed by atoms with E-state index >= 15 is 0 Å². The molecule has 0 saturated heterocycles. The van der Waals surface area contributed by atoms with Crippen molar-refractivity contribution in [1.82, 2.24) is 0 Å². The molecule has 0 heterocycles. The van der Waals surface area contributed by atoms with Gasteiger partial charge in [0.1, 0.15) is 0 Å². The number of aliphatic carboxylic acids is 2. The number of carbonyl (C=O) groups excluding carboxylic acids is 2. The van der Waals surface area contributed by atoms with Gasteiger partial charge in [0.05, 0.1) is 12.1 Å². The Kier molecular flexibility index (Phi) is 56.7. The first-order valence-electron chi connectivity index (χ1n) is 26.5. The highest BCUT2D eigenvalue weighted by atomic mass is 16.4. The number of quaternary nitrogens is 2. The zero-order valence-electron chi connectivity index (χ0n) is 41.3. The molecular formula is C52H108N2O6. The fourth-order valence-corrected chi connectivity index (χ4v) is 8.16. The summed E-state index contributed by atoms with van der Waals surface area (Å²) in [4.78, 5) is 19.5. The van der Waals surface area contributed by atoms with Crippen molar-refractivity contribution < 1.29 is 40.6 Å². The summed E-state index contributed by atoms with van der Waals surface area (Å²) in [6.07, 6.45) is 49.8. The van der Waals surface area contributed by atoms with Gasteiger partial charge in [-0.15, -0.1) is 0 Å². The van der Waals surface area contributed by atoms with Crippen LogP contribution in [-0.4, -0.2) is 46.7 Å². The molecule has 0 aliphatic rings. The lowest BCUT2D eigenvalue weighted by Crippen LogP contribution is -2.94. The number of carboxylic acids is 2. The third-order valence-electron chi connectivity index (χ3n) is 11.8. The zero-order valence-corrected chi connectivity index (χ0v) is 41.3. The van der Waals surface area contributed by atoms with Crippen molar-refractivity contribution >= 4 is 11.9 Å². The molecule has 2 atom stereocenters. The van der Waals surface area contributed by atoms with Crippen LogP contribution in [0.5, 0.6) is 0 Å². The molecule has 8 heteroatoms. The Hall–Kier alpha value is -1.22. The monoisotopic (exact) mass is 857 g/mol. The summed E-state index contributed by atoms with van der Waals surface area (Å²) in [5.74, 6) is -2.28. The highest BCUT2D eigenvalue weighted by Gasteiger charge is 2.15. The number of nitrogens with two attached hydrogens (primary N) is 2. The van der Waals surface area contributed by atoms with Crippen molar-refractivity contribution in [2.45, 2.75) is 323 Å². The van der Waals surface area contributed by atoms with E-state index in [9.17, 15) is 30.0 Å². The van der Waals surface area contributed by atoms with Gasteiger partial charge in [-0.25, -0.2) is 0 Å². The average Bonchev–Trinajstić information content (AvgIpc) is 3.20. The summed E-state index contributed by atoms with van der Waals surface area (Å²) in [6.45, 7) is 13.0. The smallest absolute Gasteiger partial charge is 0.184 e. The summed E-state index contributed by atoms with van der Waals surface area (Å²) in [6, 6.07) is 1.28. The second-order valence-corrected chi connectivity index (χ2v) is 18.4. The Bertz CT molecular complexity index is 720. The Labute approximate surface area is 374 Å². The molecule has 0 aliphatic carbocycles. The first-order chi connectivity index (χ1) is 29.0. The number of unbranched alkanes of at least 4 members (excludes halogenated alkanes) is 29. The summed E-state index contributed by atoms with van der Waals surface area (Å²) in [7, 11) is 0. The molecule has 0 radical (unpaired) electrons. The Morgan fingerprint density at radius 2 is 0.533 bits per heavy atom. The van der Waals surface area contributed by atoms with Gasteiger partial charge in [-0.3, -0.25) is 0 Å². The van der Waals surface area contributed by atoms with E-state index in [1.54, 1.807) is 0 Å². The molecule has 6 N–H and O–H groups in total. The number of aliphatic hydroxyl groups excluding tert-OH is 2. The van der Waals surface area contributed by atoms with Crippen LogP contribution in [0.1, 0.15) is 298 Å². The molecular weight excluding hydrogens is 749 g/mol. The van der Waals surface area contributed by atoms with E-state index in [2.05, 4.69) is 38.3 Å². The molecule has 0 spiro atoms. The maximum absolute atomic E-state index is 9.77. The van der Waals surface area contributed by atoms with Gasteiger partial charge >= 0.3 is 0 Å². The number of hydrogen-bond donors (Lipinski definition) is 4. The minimum Gasteiger partial charge on any atom is -0.550 e. The molecule has 8 nitrogen and oxygen atoms in total. The second-order valence-electron chi connectivity index (χ2n) is 18.4. The third kappa shape index (κ3) is 61.1. The lowest BCUT2D eigenvalue weighted by atomic mass is 9.99. The van der Waals surface area contributed by atoms with Crippen LogP contribution >= 0.6 is 0 Å². The highest BCUT2D eigenvalue weighted by molar-refractivity contribution is 5.65. The largest absolute Gasteiger partial charge is 0.550 e. The molecule has 0 aromatic rings. The zero-order chi connectivity index (χ0) is 45.2. The fourth-order valence-electron chi connectivity index (χ4n) is 8.16. The third-order valence-corrected chi connectivity index (χ3v) is 11.8. The summed E-state index contributed by atoms with van der Waals surface area (Å²) < 4.78 is 0. The first-order valence-corrected chi connectivity index (χ1v) is 26.5. The van der Waals surface area contributed by atoms with Crippen LogP contribution < -0.4 is 20.8 Å². The van der Waals surface area contributed by atoms with E-state index in [0.717, 1.165) is 0 Å². The molecule has 0 bridgehead atoms. The molecule has 362 valence electrons. The molecule has 2 unspecified atom stereocenters. The molecule has 0 aliphatic heterocycles. The second kappa shape index (κ2) is 53.9. The Morgan fingerprint density at radius 1 is 0.350 bits per heavy atom. The topological polar surface area (TPSA) is 154 Å². The lowest BCUT2D eigenvalue weighted by Gasteiger charge is -2.17. The maximum atomic E-state index is 9.77. The standard InChI is InChI=1S/2C23H49NO.C6H10O4/c2*1-4-6-8-10-12-14-16-18-20-23(24-22(3)25)21-19-17-15-13-11-9-7-5-2;7-5(8)3-1-2-4-6(9)10/h2*22-25H,4-21H2,1-3H3;1-4H2,(H,7,8)(H,9,10). The fraction of sp³-hybridized carbons (Fsp3) is 0.962. The molecule has 60 heavy (non-hydrogen) atoms. The van der Waals surface area contributed by atoms with Crippen LogP contribution in [0.15, 0.2) is 0 Å². The van der Waals surface area contributed by atoms with Gasteiger partial charge in [0.15, 0.2) is 12.5 Å². The van der Waals surface area contributed by atoms with Crippen molar-refractivity contribution in [2.24, 2.45) is 0 Å². The van der Waals surface area contributed by atoms with Crippen LogP contribution in [0.2, 0.25) is 0 Å². The van der Waals surface area contributed by atoms with E-state index in [4.69, 9.17) is 0 Å². The molecule has 0 amide bonds. The Morgan fingerprint density at radius 3 is 0.700 bits per heavy atom. The first kappa shape index (κ1) is 63.1. The van der Waals surface area contributed by atoms with E-state index in [1.807, 2.05) is 13.8 Å². The summed E-state index contributed by atoms with van der Waals surface area (Å²) in [5, 5.41) is 43.4. The van der Waals surface area contributed by atoms with Gasteiger partial charge in [0, 0.05) is 25.8 Å². The van der Waals surface area contributed by atoms with E-state index in [1.165, 1.54) is 231 Å². The lowest BCUT2D eigenvalue weighted by molar-refractivity contribution is -0.751. The number of carboxylic acid groups (broad SMARTS) is 2. The minimum absolute atomic E-state index is 0.0761. The molecule has 0 saturated carbocycles. The van der Waals surface area contributed by atoms with Gasteiger partial charge in [-0.05, 0) is 77.0 Å². The van der Waals surface area contributed by atoms with Gasteiger partial charge < -0.3 is 40.6 Å². The predicted molar refractivity (Wildman–Crippen MR) is 252 cm³/mol. The Balaban J connectivity index is -0.000000884. The molecule has 0 aromatic carbocycles. The van der Waals surface area contributed by atoms with Crippen LogP contribution in [0.4, 0.5) is 0 Å². The van der Waals surface area contributed by atoms with Crippen molar-refractivity contribution in [2.75, 3.05) is 0 Å². The minimum atomic E-state index is -1.14. The van der Waals surface area contributed by atoms with E-state index < -0.39 is 11.9 Å². The number of aliphatic hydroxyl groups is 2. The summed E-state index contributed by atoms with van der Waals surface area (Å²) >= 11 is 0. The van der Waals surface area contributed by atoms with Gasteiger partial charge in [0.2, 0.25) is 0 Å². The quantitative estimate of drug-likeness (QED) is 0.0353. The molecule has 0 fully saturated rings. The highest BCUT2D eigenvalue weighted by Crippen LogP contribution is 2.16. The van der Waals surface area contributed by atoms with Gasteiger partial charge in [0.25, 0.3) is 0 Å². The maximum Gasteiger partial charge on any atom is 0.184 e. The van der Waals surface area contributed by atoms with Gasteiger partial charge in [-0.1, -0.05) is 207 Å². The number of carbonyl (C=O) groups is 2. The van der Waals surface area contributed by atoms with Crippen LogP contribution in [0.25, 0.3) is 0 Å². The molecule has 0 rings (SSSR count). The van der Waals surface area contributed by atoms with Crippen LogP contribution in [-0.2, 0) is 9.59 Å². The van der Waals surface area contributed by atoms with E-state index in [0.29, 0.717) is 24.9 Å². The SMILES string of the molecule is CCCCCCCCCCC(CCCCCCCCCC)[NH2+]C(C)O.CCCCCCCCCCC(CCCCCCCCCC)[NH2+]C(C)O.O=C([O-])CCCCC(=O)[O-]. The van der Waals surface area contributed by atoms with Crippen molar-refractivity contribution in [1.29, 1.82) is 0 Å². The van der Waals surface area contributed by atoms with Gasteiger partial charge in [-0.2, -0.15) is 0 Å². The van der Waals surface area contributed by atoms with Crippen molar-refractivity contribution in [3.63, 3.8) is 0 Å². The van der Waals surface area contributed by atoms with Crippen LogP contribution in [0.3, 0.4) is 0 Å². The van der Waals surface area contributed by atoms with Crippen molar-refractivity contribution in [3.05, 3.63) is 0 Å². The summed E-state index contributed by atoms with van der Waals surface area (Å²) in [5.41, 5.74) is 0. The normalized spacial score (nSPS) is 12.2.